The van der Waals surface area contributed by atoms with Crippen molar-refractivity contribution in [2.45, 2.75) is 0 Å². The number of nitrogens with zero attached hydrogens (tertiary/aromatic N) is 3. The molecule has 0 aliphatic carbocycles. The zero-order chi connectivity index (χ0) is 19.4. The molecule has 6 N–H and O–H groups in total. The quantitative estimate of drug-likeness (QED) is 0.498. The van der Waals surface area contributed by atoms with E-state index in [1.807, 2.05) is 0 Å². The molecule has 2 aromatic heterocycles. The van der Waals surface area contributed by atoms with Crippen LogP contribution in [0.4, 0.5) is 21.8 Å². The molecule has 0 radical (unpaired) electrons. The van der Waals surface area contributed by atoms with Crippen LogP contribution in [0.1, 0.15) is 20.8 Å². The largest absolute Gasteiger partial charge is 0.497 e. The molecule has 2 heterocycles. The van der Waals surface area contributed by atoms with Crippen LogP contribution >= 0.6 is 11.3 Å². The van der Waals surface area contributed by atoms with Gasteiger partial charge in [0.05, 0.1) is 25.2 Å². The highest BCUT2D eigenvalue weighted by atomic mass is 32.1. The number of hydrogen-bond acceptors (Lipinski definition) is 9. The average Bonchev–Trinajstić information content (AvgIpc) is 3.06. The van der Waals surface area contributed by atoms with E-state index in [-0.39, 0.29) is 16.6 Å². The average molecular weight is 385 g/mol. The van der Waals surface area contributed by atoms with E-state index in [4.69, 9.17) is 16.2 Å². The van der Waals surface area contributed by atoms with E-state index in [1.165, 1.54) is 19.5 Å². The molecule has 0 aliphatic heterocycles. The Morgan fingerprint density at radius 3 is 2.41 bits per heavy atom. The SMILES string of the molecule is COc1ccc(C(=O)Nc2sc(Nc3cnc(N)nc3)nc2C(N)=O)cc1. The highest BCUT2D eigenvalue weighted by molar-refractivity contribution is 7.20. The number of nitrogens with one attached hydrogen (secondary N) is 2. The zero-order valence-corrected chi connectivity index (χ0v) is 14.9. The maximum absolute atomic E-state index is 12.4. The fraction of sp³-hybridized carbons (Fsp3) is 0.0625. The van der Waals surface area contributed by atoms with E-state index >= 15 is 0 Å². The second-order valence-corrected chi connectivity index (χ2v) is 6.20. The molecular formula is C16H15N7O3S. The summed E-state index contributed by atoms with van der Waals surface area (Å²) < 4.78 is 5.06. The minimum Gasteiger partial charge on any atom is -0.497 e. The number of benzene rings is 1. The van der Waals surface area contributed by atoms with Crippen molar-refractivity contribution in [1.29, 1.82) is 0 Å². The van der Waals surface area contributed by atoms with Crippen molar-refractivity contribution in [3.05, 3.63) is 47.9 Å². The number of carbonyl (C=O) groups excluding carboxylic acids is 2. The van der Waals surface area contributed by atoms with Crippen molar-refractivity contribution < 1.29 is 14.3 Å². The van der Waals surface area contributed by atoms with Gasteiger partial charge < -0.3 is 26.8 Å². The van der Waals surface area contributed by atoms with Crippen molar-refractivity contribution in [1.82, 2.24) is 15.0 Å². The molecule has 0 aliphatic rings. The number of primary amides is 1. The summed E-state index contributed by atoms with van der Waals surface area (Å²) in [5.74, 6) is -0.423. The Morgan fingerprint density at radius 1 is 1.15 bits per heavy atom. The zero-order valence-electron chi connectivity index (χ0n) is 14.1. The number of hydrogen-bond donors (Lipinski definition) is 4. The third-order valence-corrected chi connectivity index (χ3v) is 4.25. The molecule has 10 nitrogen and oxygen atoms in total. The lowest BCUT2D eigenvalue weighted by Crippen LogP contribution is -2.17. The highest BCUT2D eigenvalue weighted by Gasteiger charge is 2.19. The third kappa shape index (κ3) is 4.27. The van der Waals surface area contributed by atoms with Crippen LogP contribution in [-0.2, 0) is 0 Å². The molecule has 0 atom stereocenters. The normalized spacial score (nSPS) is 10.3. The number of anilines is 4. The van der Waals surface area contributed by atoms with Crippen LogP contribution in [0.5, 0.6) is 5.75 Å². The Kier molecular flexibility index (Phi) is 5.13. The van der Waals surface area contributed by atoms with Gasteiger partial charge in [0.2, 0.25) is 5.95 Å². The first-order valence-electron chi connectivity index (χ1n) is 7.57. The predicted octanol–water partition coefficient (Wildman–Crippen LogP) is 1.62. The summed E-state index contributed by atoms with van der Waals surface area (Å²) in [7, 11) is 1.53. The van der Waals surface area contributed by atoms with Gasteiger partial charge in [-0.1, -0.05) is 11.3 Å². The van der Waals surface area contributed by atoms with E-state index in [2.05, 4.69) is 25.6 Å². The van der Waals surface area contributed by atoms with Crippen LogP contribution in [0.25, 0.3) is 0 Å². The molecule has 0 spiro atoms. The summed E-state index contributed by atoms with van der Waals surface area (Å²) in [6.07, 6.45) is 2.92. The summed E-state index contributed by atoms with van der Waals surface area (Å²) in [4.78, 5) is 35.9. The van der Waals surface area contributed by atoms with Crippen molar-refractivity contribution >= 4 is 44.9 Å². The third-order valence-electron chi connectivity index (χ3n) is 3.36. The first-order valence-corrected chi connectivity index (χ1v) is 8.38. The fourth-order valence-corrected chi connectivity index (χ4v) is 2.95. The van der Waals surface area contributed by atoms with E-state index in [0.29, 0.717) is 22.1 Å². The molecule has 3 aromatic rings. The number of nitrogen functional groups attached to an aromatic ring is 1. The molecule has 0 fully saturated rings. The van der Waals surface area contributed by atoms with Crippen molar-refractivity contribution in [3.8, 4) is 5.75 Å². The lowest BCUT2D eigenvalue weighted by Gasteiger charge is -2.05. The molecule has 11 heteroatoms. The van der Waals surface area contributed by atoms with Gasteiger partial charge in [-0.05, 0) is 24.3 Å². The van der Waals surface area contributed by atoms with Gasteiger partial charge in [-0.3, -0.25) is 9.59 Å². The number of methoxy groups -OCH3 is 1. The second kappa shape index (κ2) is 7.66. The molecule has 3 rings (SSSR count). The number of thiazole rings is 1. The van der Waals surface area contributed by atoms with E-state index in [9.17, 15) is 9.59 Å². The van der Waals surface area contributed by atoms with Gasteiger partial charge in [0, 0.05) is 5.56 Å². The van der Waals surface area contributed by atoms with E-state index in [1.54, 1.807) is 24.3 Å². The van der Waals surface area contributed by atoms with E-state index < -0.39 is 11.8 Å². The number of amides is 2. The predicted molar refractivity (Wildman–Crippen MR) is 101 cm³/mol. The topological polar surface area (TPSA) is 158 Å². The molecule has 0 bridgehead atoms. The summed E-state index contributed by atoms with van der Waals surface area (Å²) in [5, 5.41) is 6.13. The summed E-state index contributed by atoms with van der Waals surface area (Å²) in [6.45, 7) is 0. The van der Waals surface area contributed by atoms with Crippen LogP contribution in [0.2, 0.25) is 0 Å². The van der Waals surface area contributed by atoms with Crippen LogP contribution in [0.15, 0.2) is 36.7 Å². The summed E-state index contributed by atoms with van der Waals surface area (Å²) >= 11 is 1.05. The number of carbonyl (C=O) groups is 2. The van der Waals surface area contributed by atoms with Crippen LogP contribution < -0.4 is 26.8 Å². The van der Waals surface area contributed by atoms with Gasteiger partial charge in [0.1, 0.15) is 10.8 Å². The minimum absolute atomic E-state index is 0.0549. The molecule has 0 saturated heterocycles. The van der Waals surface area contributed by atoms with Crippen LogP contribution in [-0.4, -0.2) is 33.9 Å². The van der Waals surface area contributed by atoms with Crippen molar-refractivity contribution in [2.24, 2.45) is 5.73 Å². The maximum Gasteiger partial charge on any atom is 0.270 e. The lowest BCUT2D eigenvalue weighted by molar-refractivity contribution is 0.0997. The molecular weight excluding hydrogens is 370 g/mol. The van der Waals surface area contributed by atoms with Crippen LogP contribution in [0, 0.1) is 0 Å². The molecule has 0 unspecified atom stereocenters. The highest BCUT2D eigenvalue weighted by Crippen LogP contribution is 2.30. The van der Waals surface area contributed by atoms with Gasteiger partial charge in [-0.15, -0.1) is 0 Å². The Balaban J connectivity index is 1.81. The number of ether oxygens (including phenoxy) is 1. The number of aromatic nitrogens is 3. The first-order chi connectivity index (χ1) is 13.0. The van der Waals surface area contributed by atoms with Gasteiger partial charge in [0.25, 0.3) is 11.8 Å². The number of rotatable bonds is 6. The molecule has 1 aromatic carbocycles. The molecule has 27 heavy (non-hydrogen) atoms. The molecule has 0 saturated carbocycles. The molecule has 2 amide bonds. The monoisotopic (exact) mass is 385 g/mol. The Labute approximate surface area is 157 Å². The smallest absolute Gasteiger partial charge is 0.270 e. The van der Waals surface area contributed by atoms with Gasteiger partial charge in [0.15, 0.2) is 10.8 Å². The fourth-order valence-electron chi connectivity index (χ4n) is 2.07. The lowest BCUT2D eigenvalue weighted by atomic mass is 10.2. The summed E-state index contributed by atoms with van der Waals surface area (Å²) in [5.41, 5.74) is 11.6. The number of nitrogens with two attached hydrogens (primary N) is 2. The molecule has 138 valence electrons. The van der Waals surface area contributed by atoms with Crippen molar-refractivity contribution in [3.63, 3.8) is 0 Å². The Morgan fingerprint density at radius 2 is 1.81 bits per heavy atom. The second-order valence-electron chi connectivity index (χ2n) is 5.20. The van der Waals surface area contributed by atoms with Crippen molar-refractivity contribution in [2.75, 3.05) is 23.5 Å². The maximum atomic E-state index is 12.4. The minimum atomic E-state index is -0.766. The van der Waals surface area contributed by atoms with Gasteiger partial charge in [-0.25, -0.2) is 15.0 Å². The van der Waals surface area contributed by atoms with Gasteiger partial charge in [-0.2, -0.15) is 0 Å². The Bertz CT molecular complexity index is 971. The Hall–Kier alpha value is -3.73. The van der Waals surface area contributed by atoms with Crippen LogP contribution in [0.3, 0.4) is 0 Å². The summed E-state index contributed by atoms with van der Waals surface area (Å²) in [6, 6.07) is 6.52. The van der Waals surface area contributed by atoms with E-state index in [0.717, 1.165) is 11.3 Å². The van der Waals surface area contributed by atoms with Gasteiger partial charge >= 0.3 is 0 Å². The first kappa shape index (κ1) is 18.1. The standard InChI is InChI=1S/C16H15N7O3S/c1-26-10-4-2-8(3-5-10)13(25)23-14-11(12(17)24)22-16(27-14)21-9-6-19-15(18)20-7-9/h2-7H,1H3,(H2,17,24)(H,21,22)(H,23,25)(H2,18,19,20).